The fourth-order valence-corrected chi connectivity index (χ4v) is 2.83. The first-order chi connectivity index (χ1) is 18.0. The maximum atomic E-state index is 12.2. The van der Waals surface area contributed by atoms with Crippen LogP contribution in [0.25, 0.3) is 0 Å². The maximum Gasteiger partial charge on any atom is 0.289 e. The second kappa shape index (κ2) is 18.5. The lowest BCUT2D eigenvalue weighted by Gasteiger charge is -2.17. The van der Waals surface area contributed by atoms with Crippen molar-refractivity contribution < 1.29 is 14.3 Å². The molecule has 0 aliphatic heterocycles. The van der Waals surface area contributed by atoms with Crippen LogP contribution in [0.1, 0.15) is 65.2 Å². The van der Waals surface area contributed by atoms with E-state index in [2.05, 4.69) is 58.3 Å². The van der Waals surface area contributed by atoms with Crippen LogP contribution in [-0.2, 0) is 16.0 Å². The number of amides is 1. The van der Waals surface area contributed by atoms with Crippen LogP contribution in [0.5, 0.6) is 5.75 Å². The summed E-state index contributed by atoms with van der Waals surface area (Å²) in [5.41, 5.74) is 8.39. The van der Waals surface area contributed by atoms with Gasteiger partial charge < -0.3 is 15.8 Å². The van der Waals surface area contributed by atoms with Gasteiger partial charge in [0.2, 0.25) is 5.84 Å². The van der Waals surface area contributed by atoms with Crippen LogP contribution < -0.4 is 15.8 Å². The molecule has 0 bridgehead atoms. The minimum atomic E-state index is -0.812. The van der Waals surface area contributed by atoms with Crippen molar-refractivity contribution in [1.82, 2.24) is 5.32 Å². The Hall–Kier alpha value is -3.76. The van der Waals surface area contributed by atoms with Crippen LogP contribution in [-0.4, -0.2) is 49.0 Å². The van der Waals surface area contributed by atoms with Crippen molar-refractivity contribution >= 4 is 23.7 Å². The van der Waals surface area contributed by atoms with Gasteiger partial charge in [0, 0.05) is 18.8 Å². The van der Waals surface area contributed by atoms with Gasteiger partial charge in [0.1, 0.15) is 18.4 Å². The molecule has 0 aliphatic carbocycles. The minimum Gasteiger partial charge on any atom is -0.491 e. The van der Waals surface area contributed by atoms with Gasteiger partial charge in [-0.2, -0.15) is 0 Å². The molecule has 0 aromatic heterocycles. The topological polar surface area (TPSA) is 106 Å². The van der Waals surface area contributed by atoms with Crippen molar-refractivity contribution in [3.63, 3.8) is 0 Å². The van der Waals surface area contributed by atoms with Crippen LogP contribution in [0.15, 0.2) is 58.5 Å². The molecule has 1 atom stereocenters. The summed E-state index contributed by atoms with van der Waals surface area (Å²) >= 11 is 0. The number of ether oxygens (including phenoxy) is 1. The van der Waals surface area contributed by atoms with Crippen molar-refractivity contribution in [1.29, 1.82) is 0 Å². The second-order valence-electron chi connectivity index (χ2n) is 8.67. The molecule has 0 aliphatic rings. The Labute approximate surface area is 229 Å². The van der Waals surface area contributed by atoms with E-state index in [0.29, 0.717) is 5.75 Å². The number of rotatable bonds is 6. The molecule has 206 valence electrons. The van der Waals surface area contributed by atoms with Crippen LogP contribution >= 0.6 is 0 Å². The molecule has 7 nitrogen and oxygen atoms in total. The number of carbonyl (C=O) groups excluding carboxylic acids is 2. The van der Waals surface area contributed by atoms with Gasteiger partial charge in [-0.05, 0) is 70.4 Å². The van der Waals surface area contributed by atoms with Gasteiger partial charge in [0.05, 0.1) is 5.54 Å². The Kier molecular flexibility index (Phi) is 16.7. The van der Waals surface area contributed by atoms with Gasteiger partial charge in [-0.15, -0.1) is 0 Å². The van der Waals surface area contributed by atoms with Crippen molar-refractivity contribution in [3.8, 4) is 17.6 Å². The van der Waals surface area contributed by atoms with Crippen LogP contribution in [0.2, 0.25) is 0 Å². The number of benzene rings is 2. The van der Waals surface area contributed by atoms with E-state index in [-0.39, 0.29) is 18.2 Å². The summed E-state index contributed by atoms with van der Waals surface area (Å²) in [7, 11) is 1.46. The zero-order valence-corrected chi connectivity index (χ0v) is 24.4. The third-order valence-electron chi connectivity index (χ3n) is 4.82. The first-order valence-electron chi connectivity index (χ1n) is 12.9. The Bertz CT molecular complexity index is 1120. The number of nitrogens with one attached hydrogen (secondary N) is 1. The molecular weight excluding hydrogens is 476 g/mol. The molecule has 2 aromatic carbocycles. The van der Waals surface area contributed by atoms with Crippen molar-refractivity contribution in [2.75, 3.05) is 13.7 Å². The number of hydrogen-bond donors (Lipinski definition) is 2. The first kappa shape index (κ1) is 34.2. The monoisotopic (exact) mass is 520 g/mol. The Morgan fingerprint density at radius 2 is 1.79 bits per heavy atom. The average molecular weight is 521 g/mol. The molecule has 7 heteroatoms. The lowest BCUT2D eigenvalue weighted by Crippen LogP contribution is -2.46. The molecule has 0 unspecified atom stereocenters. The van der Waals surface area contributed by atoms with Gasteiger partial charge in [0.25, 0.3) is 5.91 Å². The smallest absolute Gasteiger partial charge is 0.289 e. The van der Waals surface area contributed by atoms with Gasteiger partial charge in [0.15, 0.2) is 5.78 Å². The molecule has 38 heavy (non-hydrogen) atoms. The number of aryl methyl sites for hydroxylation is 2. The summed E-state index contributed by atoms with van der Waals surface area (Å²) in [4.78, 5) is 31.7. The standard InChI is InChI=1S/C21H28N4O3.C8H10.C2H6/c1-7-24-19(23-6)20(27)25-17(15(3)26)13-28-18-9-8-16(12-14(18)2)10-11-21(4,5)22;1-2-8-6-4-3-5-7-8;1-2/h7-9,12,17H,13,22H2,1-6H3,(H,25,27);3-7H,2H2,1H3;1-2H3/t17-;;/m0../s1. The molecule has 0 heterocycles. The van der Waals surface area contributed by atoms with Crippen molar-refractivity contribution in [2.24, 2.45) is 15.7 Å². The van der Waals surface area contributed by atoms with Crippen LogP contribution in [0, 0.1) is 18.8 Å². The summed E-state index contributed by atoms with van der Waals surface area (Å²) in [6.45, 7) is 14.8. The van der Waals surface area contributed by atoms with E-state index in [1.165, 1.54) is 25.7 Å². The third kappa shape index (κ3) is 14.1. The zero-order chi connectivity index (χ0) is 29.1. The fraction of sp³-hybridized carbons (Fsp3) is 0.419. The quantitative estimate of drug-likeness (QED) is 0.320. The SMILES string of the molecule is CC.CC=NC(=NC)C(=O)N[C@@H](COc1ccc(C#CC(C)(C)N)cc1C)C(C)=O.CCc1ccccc1. The number of carbonyl (C=O) groups is 2. The number of nitrogens with zero attached hydrogens (tertiary/aromatic N) is 2. The largest absolute Gasteiger partial charge is 0.491 e. The first-order valence-corrected chi connectivity index (χ1v) is 12.9. The molecule has 0 saturated carbocycles. The predicted molar refractivity (Wildman–Crippen MR) is 159 cm³/mol. The molecule has 2 aromatic rings. The third-order valence-corrected chi connectivity index (χ3v) is 4.82. The summed E-state index contributed by atoms with van der Waals surface area (Å²) in [5, 5.41) is 2.60. The number of ketones is 1. The molecule has 1 amide bonds. The molecule has 2 rings (SSSR count). The molecule has 0 fully saturated rings. The summed E-state index contributed by atoms with van der Waals surface area (Å²) < 4.78 is 5.75. The summed E-state index contributed by atoms with van der Waals surface area (Å²) in [6, 6.07) is 15.1. The molecule has 0 radical (unpaired) electrons. The van der Waals surface area contributed by atoms with E-state index < -0.39 is 17.5 Å². The van der Waals surface area contributed by atoms with Gasteiger partial charge in [-0.3, -0.25) is 14.6 Å². The maximum absolute atomic E-state index is 12.2. The highest BCUT2D eigenvalue weighted by Gasteiger charge is 2.21. The molecule has 0 spiro atoms. The minimum absolute atomic E-state index is 0.00399. The highest BCUT2D eigenvalue weighted by Crippen LogP contribution is 2.19. The van der Waals surface area contributed by atoms with Gasteiger partial charge in [-0.1, -0.05) is 62.9 Å². The van der Waals surface area contributed by atoms with E-state index in [9.17, 15) is 9.59 Å². The average Bonchev–Trinajstić information content (AvgIpc) is 2.90. The summed E-state index contributed by atoms with van der Waals surface area (Å²) in [5.74, 6) is 5.84. The highest BCUT2D eigenvalue weighted by atomic mass is 16.5. The Balaban J connectivity index is 0.00000114. The fourth-order valence-electron chi connectivity index (χ4n) is 2.83. The van der Waals surface area contributed by atoms with E-state index in [1.54, 1.807) is 13.0 Å². The Morgan fingerprint density at radius 3 is 2.24 bits per heavy atom. The molecule has 0 saturated heterocycles. The molecular formula is C31H44N4O3. The highest BCUT2D eigenvalue weighted by molar-refractivity contribution is 6.39. The van der Waals surface area contributed by atoms with Gasteiger partial charge >= 0.3 is 0 Å². The van der Waals surface area contributed by atoms with Crippen LogP contribution in [0.3, 0.4) is 0 Å². The van der Waals surface area contributed by atoms with Crippen molar-refractivity contribution in [2.45, 2.75) is 73.4 Å². The number of aliphatic imine (C=N–C) groups is 2. The molecule has 3 N–H and O–H groups in total. The number of Topliss-reactive ketones (excluding diaryl/α,β-unsaturated/α-hetero) is 1. The van der Waals surface area contributed by atoms with Crippen molar-refractivity contribution in [3.05, 3.63) is 65.2 Å². The van der Waals surface area contributed by atoms with E-state index in [1.807, 2.05) is 52.8 Å². The zero-order valence-electron chi connectivity index (χ0n) is 24.4. The Morgan fingerprint density at radius 1 is 1.16 bits per heavy atom. The van der Waals surface area contributed by atoms with Crippen LogP contribution in [0.4, 0.5) is 0 Å². The van der Waals surface area contributed by atoms with E-state index in [0.717, 1.165) is 17.5 Å². The normalized spacial score (nSPS) is 11.6. The lowest BCUT2D eigenvalue weighted by molar-refractivity contribution is -0.124. The number of amidine groups is 1. The lowest BCUT2D eigenvalue weighted by atomic mass is 10.1. The van der Waals surface area contributed by atoms with E-state index >= 15 is 0 Å². The summed E-state index contributed by atoms with van der Waals surface area (Å²) in [6.07, 6.45) is 2.60. The van der Waals surface area contributed by atoms with Gasteiger partial charge in [-0.25, -0.2) is 4.99 Å². The number of hydrogen-bond acceptors (Lipinski definition) is 5. The van der Waals surface area contributed by atoms with E-state index in [4.69, 9.17) is 10.5 Å². The second-order valence-corrected chi connectivity index (χ2v) is 8.67. The number of nitrogens with two attached hydrogens (primary N) is 1. The predicted octanol–water partition coefficient (Wildman–Crippen LogP) is 4.93.